The molecule has 4 rings (SSSR count). The second-order valence-corrected chi connectivity index (χ2v) is 6.64. The first-order valence-electron chi connectivity index (χ1n) is 9.00. The number of hydrogen-bond donors (Lipinski definition) is 0. The molecule has 0 spiro atoms. The number of carbonyl (C=O) groups is 1. The maximum absolute atomic E-state index is 12.0. The van der Waals surface area contributed by atoms with Gasteiger partial charge in [0.15, 0.2) is 18.1 Å². The molecule has 1 aliphatic rings. The van der Waals surface area contributed by atoms with Gasteiger partial charge in [-0.1, -0.05) is 17.7 Å². The van der Waals surface area contributed by atoms with E-state index in [4.69, 9.17) is 30.2 Å². The van der Waals surface area contributed by atoms with Gasteiger partial charge in [-0.2, -0.15) is 0 Å². The van der Waals surface area contributed by atoms with Crippen molar-refractivity contribution in [2.45, 2.75) is 13.0 Å². The Bertz CT molecular complexity index is 1030. The van der Waals surface area contributed by atoms with Gasteiger partial charge in [0.2, 0.25) is 5.89 Å². The van der Waals surface area contributed by atoms with Crippen LogP contribution in [0.3, 0.4) is 0 Å². The van der Waals surface area contributed by atoms with E-state index in [-0.39, 0.29) is 12.5 Å². The molecule has 0 radical (unpaired) electrons. The summed E-state index contributed by atoms with van der Waals surface area (Å²) in [7, 11) is 0. The first kappa shape index (κ1) is 19.0. The van der Waals surface area contributed by atoms with Crippen molar-refractivity contribution in [2.24, 2.45) is 0 Å². The topological polar surface area (TPSA) is 83.7 Å². The average molecular weight is 413 g/mol. The zero-order valence-corrected chi connectivity index (χ0v) is 16.1. The molecule has 8 heteroatoms. The van der Waals surface area contributed by atoms with Crippen LogP contribution in [-0.4, -0.2) is 29.4 Å². The van der Waals surface area contributed by atoms with Crippen LogP contribution in [0.5, 0.6) is 11.5 Å². The van der Waals surface area contributed by atoms with Crippen LogP contribution in [0.2, 0.25) is 5.02 Å². The fourth-order valence-corrected chi connectivity index (χ4v) is 2.78. The molecule has 0 amide bonds. The summed E-state index contributed by atoms with van der Waals surface area (Å²) in [6, 6.07) is 12.5. The van der Waals surface area contributed by atoms with E-state index in [1.807, 2.05) is 18.2 Å². The minimum atomic E-state index is -0.525. The highest BCUT2D eigenvalue weighted by Crippen LogP contribution is 2.30. The summed E-state index contributed by atoms with van der Waals surface area (Å²) in [5, 5.41) is 8.44. The van der Waals surface area contributed by atoms with Crippen molar-refractivity contribution >= 4 is 23.6 Å². The van der Waals surface area contributed by atoms with E-state index >= 15 is 0 Å². The minimum absolute atomic E-state index is 0.120. The molecule has 0 saturated carbocycles. The Morgan fingerprint density at radius 1 is 1.07 bits per heavy atom. The summed E-state index contributed by atoms with van der Waals surface area (Å²) in [5.74, 6) is 1.37. The van der Waals surface area contributed by atoms with Gasteiger partial charge < -0.3 is 18.6 Å². The third-order valence-corrected chi connectivity index (χ3v) is 4.33. The van der Waals surface area contributed by atoms with Crippen LogP contribution in [0.25, 0.3) is 17.5 Å². The molecule has 0 fully saturated rings. The zero-order chi connectivity index (χ0) is 20.1. The van der Waals surface area contributed by atoms with Crippen molar-refractivity contribution in [3.8, 4) is 23.0 Å². The predicted octanol–water partition coefficient (Wildman–Crippen LogP) is 4.31. The maximum atomic E-state index is 12.0. The van der Waals surface area contributed by atoms with Crippen LogP contribution >= 0.6 is 11.6 Å². The third kappa shape index (κ3) is 4.94. The SMILES string of the molecule is O=C(/C=C/c1ccc2c(c1)OCCCO2)OCc1nnc(-c2ccc(Cl)cc2)o1. The highest BCUT2D eigenvalue weighted by atomic mass is 35.5. The molecule has 148 valence electrons. The lowest BCUT2D eigenvalue weighted by molar-refractivity contribution is -0.139. The molecule has 3 aromatic rings. The van der Waals surface area contributed by atoms with Gasteiger partial charge in [0.1, 0.15) is 0 Å². The Hall–Kier alpha value is -3.32. The number of rotatable bonds is 5. The van der Waals surface area contributed by atoms with Crippen molar-refractivity contribution in [3.63, 3.8) is 0 Å². The summed E-state index contributed by atoms with van der Waals surface area (Å²) in [6.45, 7) is 1.11. The number of carbonyl (C=O) groups excluding carboxylic acids is 1. The van der Waals surface area contributed by atoms with Crippen LogP contribution in [0.1, 0.15) is 17.9 Å². The van der Waals surface area contributed by atoms with Gasteiger partial charge in [0, 0.05) is 23.1 Å². The summed E-state index contributed by atoms with van der Waals surface area (Å²) in [5.41, 5.74) is 1.53. The first-order valence-corrected chi connectivity index (χ1v) is 9.38. The van der Waals surface area contributed by atoms with Crippen molar-refractivity contribution in [1.29, 1.82) is 0 Å². The van der Waals surface area contributed by atoms with Crippen molar-refractivity contribution in [1.82, 2.24) is 10.2 Å². The van der Waals surface area contributed by atoms with E-state index in [9.17, 15) is 4.79 Å². The van der Waals surface area contributed by atoms with Crippen molar-refractivity contribution in [2.75, 3.05) is 13.2 Å². The molecule has 2 aromatic carbocycles. The molecule has 1 aromatic heterocycles. The fourth-order valence-electron chi connectivity index (χ4n) is 2.65. The van der Waals surface area contributed by atoms with E-state index in [2.05, 4.69) is 10.2 Å². The van der Waals surface area contributed by atoms with Crippen LogP contribution in [0.15, 0.2) is 53.0 Å². The molecule has 0 aliphatic carbocycles. The number of aromatic nitrogens is 2. The lowest BCUT2D eigenvalue weighted by Crippen LogP contribution is -2.01. The molecule has 29 heavy (non-hydrogen) atoms. The molecule has 1 aliphatic heterocycles. The van der Waals surface area contributed by atoms with Crippen molar-refractivity contribution in [3.05, 3.63) is 65.0 Å². The maximum Gasteiger partial charge on any atom is 0.331 e. The van der Waals surface area contributed by atoms with Crippen molar-refractivity contribution < 1.29 is 23.4 Å². The van der Waals surface area contributed by atoms with E-state index < -0.39 is 5.97 Å². The third-order valence-electron chi connectivity index (χ3n) is 4.08. The Balaban J connectivity index is 1.33. The monoisotopic (exact) mass is 412 g/mol. The lowest BCUT2D eigenvalue weighted by Gasteiger charge is -2.07. The molecule has 0 saturated heterocycles. The lowest BCUT2D eigenvalue weighted by atomic mass is 10.2. The summed E-state index contributed by atoms with van der Waals surface area (Å²) < 4.78 is 21.9. The highest BCUT2D eigenvalue weighted by Gasteiger charge is 2.11. The molecule has 0 atom stereocenters. The first-order chi connectivity index (χ1) is 14.2. The Morgan fingerprint density at radius 2 is 1.86 bits per heavy atom. The molecule has 0 bridgehead atoms. The smallest absolute Gasteiger partial charge is 0.331 e. The van der Waals surface area contributed by atoms with E-state index in [0.717, 1.165) is 17.5 Å². The standard InChI is InChI=1S/C21H17ClN2O5/c22-16-6-4-15(5-7-16)21-24-23-19(29-21)13-28-20(25)9-3-14-2-8-17-18(12-14)27-11-1-10-26-17/h2-9,12H,1,10-11,13H2/b9-3+. The van der Waals surface area contributed by atoms with Gasteiger partial charge in [-0.25, -0.2) is 4.79 Å². The molecular formula is C21H17ClN2O5. The summed E-state index contributed by atoms with van der Waals surface area (Å²) >= 11 is 5.86. The Labute approximate surface area is 171 Å². The number of halogens is 1. The minimum Gasteiger partial charge on any atom is -0.490 e. The van der Waals surface area contributed by atoms with Gasteiger partial charge in [-0.3, -0.25) is 0 Å². The van der Waals surface area contributed by atoms with Gasteiger partial charge in [0.25, 0.3) is 5.89 Å². The number of nitrogens with zero attached hydrogens (tertiary/aromatic N) is 2. The Kier molecular flexibility index (Phi) is 5.76. The van der Waals surface area contributed by atoms with E-state index in [1.54, 1.807) is 30.3 Å². The molecule has 2 heterocycles. The number of fused-ring (bicyclic) bond motifs is 1. The largest absolute Gasteiger partial charge is 0.490 e. The number of ether oxygens (including phenoxy) is 3. The molecule has 7 nitrogen and oxygen atoms in total. The van der Waals surface area contributed by atoms with E-state index in [0.29, 0.717) is 35.6 Å². The van der Waals surface area contributed by atoms with E-state index in [1.165, 1.54) is 6.08 Å². The Morgan fingerprint density at radius 3 is 2.69 bits per heavy atom. The molecular weight excluding hydrogens is 396 g/mol. The van der Waals surface area contributed by atoms with Crippen LogP contribution in [0, 0.1) is 0 Å². The zero-order valence-electron chi connectivity index (χ0n) is 15.3. The molecule has 0 unspecified atom stereocenters. The van der Waals surface area contributed by atoms with Crippen LogP contribution in [-0.2, 0) is 16.1 Å². The van der Waals surface area contributed by atoms with Crippen LogP contribution in [0.4, 0.5) is 0 Å². The summed E-state index contributed by atoms with van der Waals surface area (Å²) in [4.78, 5) is 12.0. The summed E-state index contributed by atoms with van der Waals surface area (Å²) in [6.07, 6.45) is 3.81. The van der Waals surface area contributed by atoms with Gasteiger partial charge >= 0.3 is 5.97 Å². The number of hydrogen-bond acceptors (Lipinski definition) is 7. The van der Waals surface area contributed by atoms with Gasteiger partial charge in [-0.05, 0) is 48.0 Å². The second kappa shape index (κ2) is 8.79. The number of esters is 1. The normalized spacial score (nSPS) is 13.3. The fraction of sp³-hybridized carbons (Fsp3) is 0.190. The van der Waals surface area contributed by atoms with Gasteiger partial charge in [-0.15, -0.1) is 10.2 Å². The van der Waals surface area contributed by atoms with Crippen LogP contribution < -0.4 is 9.47 Å². The number of benzene rings is 2. The quantitative estimate of drug-likeness (QED) is 0.456. The average Bonchev–Trinajstić information content (AvgIpc) is 3.08. The molecule has 0 N–H and O–H groups in total. The highest BCUT2D eigenvalue weighted by molar-refractivity contribution is 6.30. The predicted molar refractivity (Wildman–Crippen MR) is 106 cm³/mol. The van der Waals surface area contributed by atoms with Gasteiger partial charge in [0.05, 0.1) is 13.2 Å². The second-order valence-electron chi connectivity index (χ2n) is 6.21.